The first kappa shape index (κ1) is 15.5. The lowest BCUT2D eigenvalue weighted by molar-refractivity contribution is 0.102. The van der Waals surface area contributed by atoms with E-state index in [1.165, 1.54) is 0 Å². The van der Waals surface area contributed by atoms with Gasteiger partial charge in [-0.05, 0) is 58.7 Å². The topological polar surface area (TPSA) is 64.3 Å². The zero-order valence-electron chi connectivity index (χ0n) is 11.7. The highest BCUT2D eigenvalue weighted by Crippen LogP contribution is 2.23. The van der Waals surface area contributed by atoms with Crippen molar-refractivity contribution in [3.8, 4) is 5.75 Å². The van der Waals surface area contributed by atoms with E-state index in [-0.39, 0.29) is 5.91 Å². The Morgan fingerprint density at radius 1 is 1.24 bits per heavy atom. The fourth-order valence-corrected chi connectivity index (χ4v) is 2.28. The Labute approximate surface area is 132 Å². The molecule has 110 valence electrons. The molecule has 0 aromatic heterocycles. The molecule has 0 aliphatic heterocycles. The van der Waals surface area contributed by atoms with E-state index in [2.05, 4.69) is 21.2 Å². The largest absolute Gasteiger partial charge is 0.492 e. The molecule has 0 spiro atoms. The maximum Gasteiger partial charge on any atom is 0.256 e. The predicted molar refractivity (Wildman–Crippen MR) is 87.8 cm³/mol. The average Bonchev–Trinajstić information content (AvgIpc) is 2.49. The fraction of sp³-hybridized carbons (Fsp3) is 0.188. The summed E-state index contributed by atoms with van der Waals surface area (Å²) in [6.07, 6.45) is 0. The highest BCUT2D eigenvalue weighted by Gasteiger charge is 2.11. The van der Waals surface area contributed by atoms with E-state index in [1.54, 1.807) is 30.3 Å². The Bertz CT molecular complexity index is 627. The van der Waals surface area contributed by atoms with Crippen LogP contribution in [0, 0.1) is 6.92 Å². The first-order valence-electron chi connectivity index (χ1n) is 6.61. The number of benzene rings is 2. The van der Waals surface area contributed by atoms with Crippen molar-refractivity contribution in [1.29, 1.82) is 0 Å². The van der Waals surface area contributed by atoms with E-state index >= 15 is 0 Å². The van der Waals surface area contributed by atoms with Crippen LogP contribution in [-0.4, -0.2) is 19.1 Å². The lowest BCUT2D eigenvalue weighted by Crippen LogP contribution is -2.13. The Morgan fingerprint density at radius 2 is 1.95 bits per heavy atom. The second kappa shape index (κ2) is 7.24. The zero-order valence-corrected chi connectivity index (χ0v) is 13.3. The van der Waals surface area contributed by atoms with E-state index in [1.807, 2.05) is 19.1 Å². The third kappa shape index (κ3) is 4.06. The minimum atomic E-state index is -0.152. The van der Waals surface area contributed by atoms with Gasteiger partial charge in [0.15, 0.2) is 0 Å². The lowest BCUT2D eigenvalue weighted by Gasteiger charge is -2.09. The standard InChI is InChI=1S/C16H17BrN2O2/c1-11-3-2-4-14(15(11)17)16(20)19-12-5-7-13(8-6-12)21-10-9-18/h2-8H,9-10,18H2,1H3,(H,19,20). The first-order valence-corrected chi connectivity index (χ1v) is 7.40. The number of hydrogen-bond acceptors (Lipinski definition) is 3. The van der Waals surface area contributed by atoms with Gasteiger partial charge in [-0.25, -0.2) is 0 Å². The van der Waals surface area contributed by atoms with Crippen LogP contribution in [0.5, 0.6) is 5.75 Å². The van der Waals surface area contributed by atoms with Crippen molar-refractivity contribution in [2.24, 2.45) is 5.73 Å². The van der Waals surface area contributed by atoms with Crippen LogP contribution in [0.15, 0.2) is 46.9 Å². The molecule has 4 nitrogen and oxygen atoms in total. The minimum Gasteiger partial charge on any atom is -0.492 e. The zero-order chi connectivity index (χ0) is 15.2. The number of anilines is 1. The van der Waals surface area contributed by atoms with E-state index in [0.29, 0.717) is 24.4 Å². The molecule has 0 atom stereocenters. The van der Waals surface area contributed by atoms with Gasteiger partial charge in [-0.3, -0.25) is 4.79 Å². The smallest absolute Gasteiger partial charge is 0.256 e. The monoisotopic (exact) mass is 348 g/mol. The molecular weight excluding hydrogens is 332 g/mol. The summed E-state index contributed by atoms with van der Waals surface area (Å²) >= 11 is 3.44. The fourth-order valence-electron chi connectivity index (χ4n) is 1.83. The van der Waals surface area contributed by atoms with Gasteiger partial charge in [-0.1, -0.05) is 12.1 Å². The summed E-state index contributed by atoms with van der Waals surface area (Å²) in [5.41, 5.74) is 7.72. The second-order valence-electron chi connectivity index (χ2n) is 4.55. The first-order chi connectivity index (χ1) is 10.1. The van der Waals surface area contributed by atoms with Crippen molar-refractivity contribution in [3.63, 3.8) is 0 Å². The van der Waals surface area contributed by atoms with Crippen LogP contribution >= 0.6 is 15.9 Å². The number of ether oxygens (including phenoxy) is 1. The molecule has 0 bridgehead atoms. The van der Waals surface area contributed by atoms with Crippen LogP contribution < -0.4 is 15.8 Å². The van der Waals surface area contributed by atoms with Crippen molar-refractivity contribution < 1.29 is 9.53 Å². The third-order valence-electron chi connectivity index (χ3n) is 2.94. The number of nitrogens with two attached hydrogens (primary N) is 1. The molecule has 0 radical (unpaired) electrons. The molecule has 2 aromatic carbocycles. The van der Waals surface area contributed by atoms with Gasteiger partial charge in [0.2, 0.25) is 0 Å². The Kier molecular flexibility index (Phi) is 5.36. The Hall–Kier alpha value is -1.85. The van der Waals surface area contributed by atoms with Crippen LogP contribution in [0.2, 0.25) is 0 Å². The van der Waals surface area contributed by atoms with Crippen LogP contribution in [0.4, 0.5) is 5.69 Å². The molecular formula is C16H17BrN2O2. The van der Waals surface area contributed by atoms with Gasteiger partial charge in [-0.2, -0.15) is 0 Å². The van der Waals surface area contributed by atoms with Crippen LogP contribution in [0.1, 0.15) is 15.9 Å². The maximum atomic E-state index is 12.3. The molecule has 5 heteroatoms. The number of carbonyl (C=O) groups excluding carboxylic acids is 1. The average molecular weight is 349 g/mol. The summed E-state index contributed by atoms with van der Waals surface area (Å²) in [4.78, 5) is 12.3. The summed E-state index contributed by atoms with van der Waals surface area (Å²) in [7, 11) is 0. The molecule has 2 rings (SSSR count). The molecule has 0 aliphatic carbocycles. The molecule has 0 fully saturated rings. The van der Waals surface area contributed by atoms with Gasteiger partial charge < -0.3 is 15.8 Å². The van der Waals surface area contributed by atoms with Gasteiger partial charge in [0.25, 0.3) is 5.91 Å². The van der Waals surface area contributed by atoms with Crippen LogP contribution in [-0.2, 0) is 0 Å². The molecule has 0 unspecified atom stereocenters. The summed E-state index contributed by atoms with van der Waals surface area (Å²) in [6, 6.07) is 12.8. The number of rotatable bonds is 5. The molecule has 0 heterocycles. The number of aryl methyl sites for hydroxylation is 1. The lowest BCUT2D eigenvalue weighted by atomic mass is 10.1. The maximum absolute atomic E-state index is 12.3. The van der Waals surface area contributed by atoms with Crippen LogP contribution in [0.25, 0.3) is 0 Å². The van der Waals surface area contributed by atoms with Crippen LogP contribution in [0.3, 0.4) is 0 Å². The number of nitrogens with one attached hydrogen (secondary N) is 1. The molecule has 21 heavy (non-hydrogen) atoms. The summed E-state index contributed by atoms with van der Waals surface area (Å²) in [6.45, 7) is 2.90. The Balaban J connectivity index is 2.07. The highest BCUT2D eigenvalue weighted by atomic mass is 79.9. The van der Waals surface area contributed by atoms with Gasteiger partial charge in [0.1, 0.15) is 12.4 Å². The summed E-state index contributed by atoms with van der Waals surface area (Å²) in [5, 5.41) is 2.86. The molecule has 1 amide bonds. The SMILES string of the molecule is Cc1cccc(C(=O)Nc2ccc(OCCN)cc2)c1Br. The minimum absolute atomic E-state index is 0.152. The van der Waals surface area contributed by atoms with Crippen molar-refractivity contribution >= 4 is 27.5 Å². The molecule has 0 aliphatic rings. The number of carbonyl (C=O) groups is 1. The van der Waals surface area contributed by atoms with Gasteiger partial charge in [0.05, 0.1) is 5.56 Å². The molecule has 2 aromatic rings. The molecule has 0 saturated carbocycles. The van der Waals surface area contributed by atoms with Gasteiger partial charge >= 0.3 is 0 Å². The number of halogens is 1. The number of hydrogen-bond donors (Lipinski definition) is 2. The second-order valence-corrected chi connectivity index (χ2v) is 5.35. The normalized spacial score (nSPS) is 10.2. The predicted octanol–water partition coefficient (Wildman–Crippen LogP) is 3.35. The number of amides is 1. The molecule has 3 N–H and O–H groups in total. The van der Waals surface area contributed by atoms with E-state index in [0.717, 1.165) is 15.8 Å². The molecule has 0 saturated heterocycles. The quantitative estimate of drug-likeness (QED) is 0.870. The Morgan fingerprint density at radius 3 is 2.62 bits per heavy atom. The van der Waals surface area contributed by atoms with Crippen molar-refractivity contribution in [3.05, 3.63) is 58.1 Å². The van der Waals surface area contributed by atoms with Crippen molar-refractivity contribution in [2.75, 3.05) is 18.5 Å². The van der Waals surface area contributed by atoms with Crippen molar-refractivity contribution in [2.45, 2.75) is 6.92 Å². The summed E-state index contributed by atoms with van der Waals surface area (Å²) < 4.78 is 6.20. The van der Waals surface area contributed by atoms with Gasteiger partial charge in [0, 0.05) is 16.7 Å². The van der Waals surface area contributed by atoms with E-state index < -0.39 is 0 Å². The highest BCUT2D eigenvalue weighted by molar-refractivity contribution is 9.10. The third-order valence-corrected chi connectivity index (χ3v) is 3.99. The van der Waals surface area contributed by atoms with Crippen molar-refractivity contribution in [1.82, 2.24) is 0 Å². The van der Waals surface area contributed by atoms with E-state index in [4.69, 9.17) is 10.5 Å². The van der Waals surface area contributed by atoms with Gasteiger partial charge in [-0.15, -0.1) is 0 Å². The van der Waals surface area contributed by atoms with E-state index in [9.17, 15) is 4.79 Å². The summed E-state index contributed by atoms with van der Waals surface area (Å²) in [5.74, 6) is 0.580.